The SMILES string of the molecule is C1CCOC1.Fc1cccc2c1CNC2.O=C1NC(=O)c2c(F)cccc21.[B]. The van der Waals surface area contributed by atoms with E-state index in [0.717, 1.165) is 37.0 Å². The second-order valence-electron chi connectivity index (χ2n) is 6.25. The molecule has 2 N–H and O–H groups in total. The molecule has 28 heavy (non-hydrogen) atoms. The van der Waals surface area contributed by atoms with Gasteiger partial charge < -0.3 is 10.1 Å². The van der Waals surface area contributed by atoms with Crippen molar-refractivity contribution in [1.29, 1.82) is 0 Å². The Morgan fingerprint density at radius 1 is 0.857 bits per heavy atom. The fourth-order valence-corrected chi connectivity index (χ4v) is 2.98. The Balaban J connectivity index is 0.000000159. The minimum Gasteiger partial charge on any atom is -0.381 e. The Morgan fingerprint density at radius 2 is 1.54 bits per heavy atom. The lowest BCUT2D eigenvalue weighted by Gasteiger charge is -1.96. The van der Waals surface area contributed by atoms with E-state index in [2.05, 4.69) is 5.32 Å². The van der Waals surface area contributed by atoms with Gasteiger partial charge in [-0.15, -0.1) is 0 Å². The van der Waals surface area contributed by atoms with Crippen LogP contribution in [0.1, 0.15) is 44.7 Å². The number of carbonyl (C=O) groups is 2. The van der Waals surface area contributed by atoms with Gasteiger partial charge >= 0.3 is 0 Å². The van der Waals surface area contributed by atoms with Gasteiger partial charge in [0.15, 0.2) is 0 Å². The molecule has 0 aromatic heterocycles. The molecule has 1 fully saturated rings. The molecule has 3 heterocycles. The summed E-state index contributed by atoms with van der Waals surface area (Å²) in [5.41, 5.74) is 1.89. The van der Waals surface area contributed by atoms with Gasteiger partial charge in [-0.1, -0.05) is 18.2 Å². The van der Waals surface area contributed by atoms with E-state index in [1.54, 1.807) is 6.07 Å². The highest BCUT2D eigenvalue weighted by Gasteiger charge is 2.29. The maximum absolute atomic E-state index is 12.9. The van der Waals surface area contributed by atoms with Crippen LogP contribution in [0.15, 0.2) is 36.4 Å². The lowest BCUT2D eigenvalue weighted by molar-refractivity contribution is 0.0878. The Kier molecular flexibility index (Phi) is 7.84. The summed E-state index contributed by atoms with van der Waals surface area (Å²) in [5, 5.41) is 5.09. The van der Waals surface area contributed by atoms with Crippen LogP contribution in [0.25, 0.3) is 0 Å². The summed E-state index contributed by atoms with van der Waals surface area (Å²) in [7, 11) is 0. The topological polar surface area (TPSA) is 67.4 Å². The third-order valence-electron chi connectivity index (χ3n) is 4.37. The van der Waals surface area contributed by atoms with Gasteiger partial charge in [0, 0.05) is 40.3 Å². The van der Waals surface area contributed by atoms with Crippen LogP contribution in [0.2, 0.25) is 0 Å². The van der Waals surface area contributed by atoms with Gasteiger partial charge in [-0.2, -0.15) is 0 Å². The van der Waals surface area contributed by atoms with Crippen molar-refractivity contribution < 1.29 is 23.1 Å². The van der Waals surface area contributed by atoms with E-state index in [-0.39, 0.29) is 25.4 Å². The van der Waals surface area contributed by atoms with Crippen molar-refractivity contribution in [2.75, 3.05) is 13.2 Å². The third kappa shape index (κ3) is 5.02. The van der Waals surface area contributed by atoms with Crippen molar-refractivity contribution in [1.82, 2.24) is 10.6 Å². The highest BCUT2D eigenvalue weighted by Crippen LogP contribution is 2.18. The monoisotopic (exact) mass is 385 g/mol. The van der Waals surface area contributed by atoms with Gasteiger partial charge in [0.1, 0.15) is 11.6 Å². The number of hydrogen-bond donors (Lipinski definition) is 2. The van der Waals surface area contributed by atoms with Gasteiger partial charge in [-0.05, 0) is 36.6 Å². The van der Waals surface area contributed by atoms with E-state index >= 15 is 0 Å². The van der Waals surface area contributed by atoms with Crippen LogP contribution in [-0.4, -0.2) is 33.4 Å². The smallest absolute Gasteiger partial charge is 0.261 e. The standard InChI is InChI=1S/C8H4FNO2.C8H8FN.C4H8O.B/c9-5-3-1-2-4-6(5)8(12)10-7(4)11;9-8-3-1-2-6-4-10-5-7(6)8;1-2-4-5-3-1;/h1-3H,(H,10,11,12);1-3,10H,4-5H2;1-4H2;. The van der Waals surface area contributed by atoms with Crippen molar-refractivity contribution in [2.45, 2.75) is 25.9 Å². The largest absolute Gasteiger partial charge is 0.381 e. The van der Waals surface area contributed by atoms with Gasteiger partial charge in [-0.25, -0.2) is 8.78 Å². The number of fused-ring (bicyclic) bond motifs is 2. The number of carbonyl (C=O) groups excluding carboxylic acids is 2. The molecule has 0 aliphatic carbocycles. The first kappa shape index (κ1) is 21.7. The molecule has 145 valence electrons. The molecule has 0 saturated carbocycles. The quantitative estimate of drug-likeness (QED) is 0.541. The zero-order chi connectivity index (χ0) is 19.2. The number of nitrogens with one attached hydrogen (secondary N) is 2. The van der Waals surface area contributed by atoms with E-state index in [1.165, 1.54) is 31.0 Å². The fourth-order valence-electron chi connectivity index (χ4n) is 2.98. The molecular formula is C20H20BF2N2O3. The molecule has 2 aromatic carbocycles. The van der Waals surface area contributed by atoms with E-state index in [1.807, 2.05) is 11.4 Å². The molecule has 1 saturated heterocycles. The summed E-state index contributed by atoms with van der Waals surface area (Å²) in [6, 6.07) is 9.17. The van der Waals surface area contributed by atoms with E-state index in [0.29, 0.717) is 6.54 Å². The molecule has 5 nitrogen and oxygen atoms in total. The van der Waals surface area contributed by atoms with Crippen LogP contribution in [0.4, 0.5) is 8.78 Å². The number of hydrogen-bond acceptors (Lipinski definition) is 4. The molecule has 3 aliphatic heterocycles. The number of halogens is 2. The molecule has 3 aliphatic rings. The maximum atomic E-state index is 12.9. The lowest BCUT2D eigenvalue weighted by atomic mass is 10.1. The highest BCUT2D eigenvalue weighted by atomic mass is 19.1. The number of benzene rings is 2. The summed E-state index contributed by atoms with van der Waals surface area (Å²) in [6.45, 7) is 3.50. The zero-order valence-electron chi connectivity index (χ0n) is 15.3. The molecule has 0 spiro atoms. The number of ether oxygens (including phenoxy) is 1. The van der Waals surface area contributed by atoms with Crippen molar-refractivity contribution in [3.8, 4) is 0 Å². The minimum absolute atomic E-state index is 0. The Morgan fingerprint density at radius 3 is 2.14 bits per heavy atom. The van der Waals surface area contributed by atoms with Crippen LogP contribution < -0.4 is 10.6 Å². The molecular weight excluding hydrogens is 365 g/mol. The van der Waals surface area contributed by atoms with Gasteiger partial charge in [0.2, 0.25) is 0 Å². The van der Waals surface area contributed by atoms with Crippen molar-refractivity contribution in [3.63, 3.8) is 0 Å². The van der Waals surface area contributed by atoms with Crippen molar-refractivity contribution in [2.24, 2.45) is 0 Å². The van der Waals surface area contributed by atoms with E-state index in [9.17, 15) is 18.4 Å². The Hall–Kier alpha value is -2.58. The third-order valence-corrected chi connectivity index (χ3v) is 4.37. The summed E-state index contributed by atoms with van der Waals surface area (Å²) in [6.07, 6.45) is 2.56. The van der Waals surface area contributed by atoms with Crippen LogP contribution in [0.3, 0.4) is 0 Å². The summed E-state index contributed by atoms with van der Waals surface area (Å²) in [5.74, 6) is -1.93. The van der Waals surface area contributed by atoms with Crippen LogP contribution in [0, 0.1) is 11.6 Å². The maximum Gasteiger partial charge on any atom is 0.261 e. The van der Waals surface area contributed by atoms with Crippen molar-refractivity contribution >= 4 is 20.2 Å². The first-order valence-electron chi connectivity index (χ1n) is 8.77. The van der Waals surface area contributed by atoms with Crippen LogP contribution in [0.5, 0.6) is 0 Å². The number of imide groups is 1. The molecule has 5 rings (SSSR count). The predicted octanol–water partition coefficient (Wildman–Crippen LogP) is 2.55. The molecule has 3 radical (unpaired) electrons. The zero-order valence-corrected chi connectivity index (χ0v) is 15.3. The van der Waals surface area contributed by atoms with E-state index in [4.69, 9.17) is 4.74 Å². The molecule has 0 bridgehead atoms. The molecule has 8 heteroatoms. The molecule has 2 amide bonds. The van der Waals surface area contributed by atoms with Gasteiger partial charge in [0.05, 0.1) is 11.1 Å². The average molecular weight is 385 g/mol. The Labute approximate surface area is 164 Å². The van der Waals surface area contributed by atoms with Crippen LogP contribution >= 0.6 is 0 Å². The first-order chi connectivity index (χ1) is 13.1. The number of amides is 2. The lowest BCUT2D eigenvalue weighted by Crippen LogP contribution is -2.20. The fraction of sp³-hybridized carbons (Fsp3) is 0.300. The highest BCUT2D eigenvalue weighted by molar-refractivity contribution is 6.21. The molecule has 0 atom stereocenters. The van der Waals surface area contributed by atoms with Crippen LogP contribution in [-0.2, 0) is 17.8 Å². The Bertz CT molecular complexity index is 850. The summed E-state index contributed by atoms with van der Waals surface area (Å²) < 4.78 is 30.7. The first-order valence-corrected chi connectivity index (χ1v) is 8.77. The summed E-state index contributed by atoms with van der Waals surface area (Å²) in [4.78, 5) is 21.9. The van der Waals surface area contributed by atoms with Gasteiger partial charge in [0.25, 0.3) is 11.8 Å². The molecule has 2 aromatic rings. The normalized spacial score (nSPS) is 15.9. The van der Waals surface area contributed by atoms with E-state index < -0.39 is 17.6 Å². The van der Waals surface area contributed by atoms with Gasteiger partial charge in [-0.3, -0.25) is 14.9 Å². The predicted molar refractivity (Wildman–Crippen MR) is 101 cm³/mol. The second-order valence-corrected chi connectivity index (χ2v) is 6.25. The van der Waals surface area contributed by atoms with Crippen molar-refractivity contribution in [3.05, 3.63) is 70.3 Å². The number of rotatable bonds is 0. The molecule has 0 unspecified atom stereocenters. The second kappa shape index (κ2) is 10.1. The minimum atomic E-state index is -0.659. The summed E-state index contributed by atoms with van der Waals surface area (Å²) >= 11 is 0. The average Bonchev–Trinajstić information content (AvgIpc) is 3.40.